The molecule has 0 saturated carbocycles. The number of allylic oxidation sites excluding steroid dienone is 2. The van der Waals surface area contributed by atoms with Gasteiger partial charge in [0.05, 0.1) is 0 Å². The van der Waals surface area contributed by atoms with Gasteiger partial charge in [0.15, 0.2) is 10.7 Å². The Morgan fingerprint density at radius 2 is 2.15 bits per heavy atom. The lowest BCUT2D eigenvalue weighted by Gasteiger charge is -1.95. The molecule has 0 aromatic carbocycles. The molecule has 0 rings (SSSR count). The monoisotopic (exact) mass is 181 g/mol. The highest BCUT2D eigenvalue weighted by molar-refractivity contribution is 5.78. The summed E-state index contributed by atoms with van der Waals surface area (Å²) in [7, 11) is 0. The van der Waals surface area contributed by atoms with Crippen LogP contribution < -0.4 is 0 Å². The third-order valence-electron chi connectivity index (χ3n) is 1.49. The Hall–Kier alpha value is -1.63. The minimum Gasteiger partial charge on any atom is -0.505 e. The molecule has 0 saturated heterocycles. The van der Waals surface area contributed by atoms with E-state index in [-0.39, 0.29) is 24.4 Å². The zero-order valence-corrected chi connectivity index (χ0v) is 7.44. The molecule has 0 aromatic rings. The van der Waals surface area contributed by atoms with Crippen LogP contribution in [-0.4, -0.2) is 10.9 Å². The number of hydrogen-bond donors (Lipinski definition) is 1. The average molecular weight is 181 g/mol. The Bertz CT molecular complexity index is 251. The van der Waals surface area contributed by atoms with Gasteiger partial charge in [-0.15, -0.1) is 6.58 Å². The summed E-state index contributed by atoms with van der Waals surface area (Å²) in [5, 5.41) is 17.0. The molecular formula is C9H13N2O2+. The molecule has 70 valence electrons. The fourth-order valence-electron chi connectivity index (χ4n) is 0.787. The van der Waals surface area contributed by atoms with Gasteiger partial charge >= 0.3 is 6.20 Å². The molecule has 0 aromatic heterocycles. The van der Waals surface area contributed by atoms with E-state index in [2.05, 4.69) is 11.6 Å². The van der Waals surface area contributed by atoms with Crippen LogP contribution in [0.1, 0.15) is 25.7 Å². The molecular weight excluding hydrogens is 168 g/mol. The molecule has 4 heteroatoms. The number of hydrogen-bond acceptors (Lipinski definition) is 3. The summed E-state index contributed by atoms with van der Waals surface area (Å²) >= 11 is 0. The quantitative estimate of drug-likeness (QED) is 0.389. The SMILES string of the molecule is C=CCCC(=O)CC/C(O)=C/[N+]#N. The second-order valence-electron chi connectivity index (χ2n) is 2.60. The first kappa shape index (κ1) is 11.4. The summed E-state index contributed by atoms with van der Waals surface area (Å²) in [4.78, 5) is 13.7. The summed E-state index contributed by atoms with van der Waals surface area (Å²) in [6.07, 6.45) is 4.20. The predicted octanol–water partition coefficient (Wildman–Crippen LogP) is 2.55. The number of nitrogens with zero attached hydrogens (tertiary/aromatic N) is 2. The Labute approximate surface area is 77.2 Å². The summed E-state index contributed by atoms with van der Waals surface area (Å²) in [5.74, 6) is -0.0211. The number of carbonyl (C=O) groups excluding carboxylic acids is 1. The van der Waals surface area contributed by atoms with Crippen molar-refractivity contribution in [3.05, 3.63) is 29.6 Å². The molecule has 13 heavy (non-hydrogen) atoms. The smallest absolute Gasteiger partial charge is 0.387 e. The first-order valence-corrected chi connectivity index (χ1v) is 4.05. The molecule has 1 N–H and O–H groups in total. The lowest BCUT2D eigenvalue weighted by atomic mass is 10.1. The lowest BCUT2D eigenvalue weighted by molar-refractivity contribution is -0.119. The zero-order valence-electron chi connectivity index (χ0n) is 7.44. The fourth-order valence-corrected chi connectivity index (χ4v) is 0.787. The number of aliphatic hydroxyl groups excluding tert-OH is 1. The molecule has 0 unspecified atom stereocenters. The number of ketones is 1. The molecule has 0 bridgehead atoms. The van der Waals surface area contributed by atoms with Gasteiger partial charge in [0.2, 0.25) is 5.39 Å². The van der Waals surface area contributed by atoms with Crippen LogP contribution in [0.3, 0.4) is 0 Å². The fraction of sp³-hybridized carbons (Fsp3) is 0.444. The Morgan fingerprint density at radius 3 is 2.69 bits per heavy atom. The molecule has 0 aliphatic heterocycles. The highest BCUT2D eigenvalue weighted by Gasteiger charge is 2.04. The van der Waals surface area contributed by atoms with Gasteiger partial charge in [0, 0.05) is 19.3 Å². The normalized spacial score (nSPS) is 10.5. The molecule has 0 amide bonds. The van der Waals surface area contributed by atoms with Gasteiger partial charge in [-0.3, -0.25) is 4.79 Å². The average Bonchev–Trinajstić information content (AvgIpc) is 2.12. The molecule has 4 nitrogen and oxygen atoms in total. The largest absolute Gasteiger partial charge is 0.505 e. The van der Waals surface area contributed by atoms with Gasteiger partial charge in [-0.05, 0) is 6.42 Å². The van der Waals surface area contributed by atoms with Gasteiger partial charge < -0.3 is 5.11 Å². The zero-order chi connectivity index (χ0) is 10.1. The van der Waals surface area contributed by atoms with Crippen LogP contribution in [0.5, 0.6) is 0 Å². The third kappa shape index (κ3) is 6.76. The van der Waals surface area contributed by atoms with Crippen LogP contribution >= 0.6 is 0 Å². The van der Waals surface area contributed by atoms with Gasteiger partial charge in [-0.2, -0.15) is 0 Å². The topological polar surface area (TPSA) is 65.4 Å². The first-order valence-electron chi connectivity index (χ1n) is 4.05. The van der Waals surface area contributed by atoms with Crippen molar-refractivity contribution in [3.8, 4) is 0 Å². The Balaban J connectivity index is 3.65. The van der Waals surface area contributed by atoms with Crippen LogP contribution in [0.2, 0.25) is 0 Å². The van der Waals surface area contributed by atoms with Gasteiger partial charge in [-0.25, -0.2) is 0 Å². The van der Waals surface area contributed by atoms with E-state index in [4.69, 9.17) is 10.5 Å². The van der Waals surface area contributed by atoms with Crippen molar-refractivity contribution in [2.45, 2.75) is 25.7 Å². The molecule has 0 atom stereocenters. The van der Waals surface area contributed by atoms with Crippen LogP contribution in [0.25, 0.3) is 4.98 Å². The maximum Gasteiger partial charge on any atom is 0.387 e. The van der Waals surface area contributed by atoms with E-state index in [1.807, 2.05) is 0 Å². The van der Waals surface area contributed by atoms with E-state index in [0.29, 0.717) is 12.8 Å². The van der Waals surface area contributed by atoms with Crippen LogP contribution in [0.4, 0.5) is 0 Å². The van der Waals surface area contributed by atoms with Crippen molar-refractivity contribution in [1.82, 2.24) is 0 Å². The summed E-state index contributed by atoms with van der Waals surface area (Å²) < 4.78 is 0. The van der Waals surface area contributed by atoms with E-state index < -0.39 is 0 Å². The van der Waals surface area contributed by atoms with Gasteiger partial charge in [0.25, 0.3) is 0 Å². The molecule has 0 aliphatic rings. The lowest BCUT2D eigenvalue weighted by Crippen LogP contribution is -1.97. The van der Waals surface area contributed by atoms with E-state index in [1.54, 1.807) is 6.08 Å². The minimum absolute atomic E-state index is 0.0674. The van der Waals surface area contributed by atoms with Gasteiger partial charge in [0.1, 0.15) is 5.78 Å². The number of rotatable bonds is 6. The van der Waals surface area contributed by atoms with Crippen molar-refractivity contribution in [2.24, 2.45) is 0 Å². The molecule has 0 aliphatic carbocycles. The molecule has 0 fully saturated rings. The van der Waals surface area contributed by atoms with Crippen molar-refractivity contribution >= 4 is 5.78 Å². The highest BCUT2D eigenvalue weighted by Crippen LogP contribution is 2.05. The predicted molar refractivity (Wildman–Crippen MR) is 49.5 cm³/mol. The van der Waals surface area contributed by atoms with Crippen LogP contribution in [0.15, 0.2) is 24.6 Å². The van der Waals surface area contributed by atoms with E-state index in [0.717, 1.165) is 6.20 Å². The standard InChI is InChI=1S/C9H12N2O2/c1-2-3-4-8(12)5-6-9(13)7-11-10/h2,7H,1,3-6H2/p+1/b9-7-. The summed E-state index contributed by atoms with van der Waals surface area (Å²) in [6, 6.07) is 0. The molecule has 0 radical (unpaired) electrons. The Morgan fingerprint density at radius 1 is 1.46 bits per heavy atom. The second-order valence-corrected chi connectivity index (χ2v) is 2.60. The van der Waals surface area contributed by atoms with E-state index in [1.165, 1.54) is 0 Å². The minimum atomic E-state index is -0.0885. The van der Waals surface area contributed by atoms with Crippen molar-refractivity contribution in [3.63, 3.8) is 0 Å². The maximum atomic E-state index is 11.0. The Kier molecular flexibility index (Phi) is 6.16. The van der Waals surface area contributed by atoms with E-state index in [9.17, 15) is 4.79 Å². The van der Waals surface area contributed by atoms with E-state index >= 15 is 0 Å². The number of diazo groups is 1. The highest BCUT2D eigenvalue weighted by atomic mass is 16.3. The van der Waals surface area contributed by atoms with Crippen LogP contribution in [-0.2, 0) is 4.79 Å². The second kappa shape index (κ2) is 7.04. The van der Waals surface area contributed by atoms with Crippen molar-refractivity contribution in [2.75, 3.05) is 0 Å². The number of Topliss-reactive ketones (excluding diaryl/α,β-unsaturated/α-hetero) is 1. The molecule has 0 spiro atoms. The number of carbonyl (C=O) groups is 1. The van der Waals surface area contributed by atoms with Crippen molar-refractivity contribution in [1.29, 1.82) is 5.39 Å². The summed E-state index contributed by atoms with van der Waals surface area (Å²) in [6.45, 7) is 3.50. The third-order valence-corrected chi connectivity index (χ3v) is 1.49. The van der Waals surface area contributed by atoms with Crippen molar-refractivity contribution < 1.29 is 9.90 Å². The summed E-state index contributed by atoms with van der Waals surface area (Å²) in [5.41, 5.74) is 0. The number of aliphatic hydroxyl groups is 1. The van der Waals surface area contributed by atoms with Gasteiger partial charge in [-0.1, -0.05) is 6.08 Å². The first-order chi connectivity index (χ1) is 6.20. The maximum absolute atomic E-state index is 11.0. The molecule has 0 heterocycles. The van der Waals surface area contributed by atoms with Crippen LogP contribution in [0, 0.1) is 5.39 Å².